The van der Waals surface area contributed by atoms with E-state index in [2.05, 4.69) is 15.3 Å². The molecule has 1 aromatic carbocycles. The van der Waals surface area contributed by atoms with Crippen LogP contribution in [0.15, 0.2) is 36.7 Å². The van der Waals surface area contributed by atoms with Gasteiger partial charge in [0.25, 0.3) is 0 Å². The smallest absolute Gasteiger partial charge is 0.244 e. The molecule has 6 heteroatoms. The first-order valence-corrected chi connectivity index (χ1v) is 6.75. The fraction of sp³-hybridized carbons (Fsp3) is 0.143. The number of hydrogen-bond acceptors (Lipinski definition) is 2. The van der Waals surface area contributed by atoms with Crippen molar-refractivity contribution in [1.82, 2.24) is 15.3 Å². The Bertz CT molecular complexity index is 623. The van der Waals surface area contributed by atoms with Crippen LogP contribution in [-0.2, 0) is 4.79 Å². The van der Waals surface area contributed by atoms with Gasteiger partial charge in [0.2, 0.25) is 5.91 Å². The van der Waals surface area contributed by atoms with Crippen molar-refractivity contribution in [3.05, 3.63) is 58.1 Å². The lowest BCUT2D eigenvalue weighted by Gasteiger charge is -2.09. The van der Waals surface area contributed by atoms with E-state index in [0.717, 1.165) is 0 Å². The number of aromatic amines is 1. The number of nitrogens with one attached hydrogen (secondary N) is 2. The van der Waals surface area contributed by atoms with Crippen molar-refractivity contribution in [2.75, 3.05) is 0 Å². The van der Waals surface area contributed by atoms with Gasteiger partial charge in [0.15, 0.2) is 0 Å². The monoisotopic (exact) mass is 309 g/mol. The highest BCUT2D eigenvalue weighted by Crippen LogP contribution is 2.21. The number of halogens is 2. The Balaban J connectivity index is 2.00. The van der Waals surface area contributed by atoms with Crippen LogP contribution in [0.3, 0.4) is 0 Å². The molecule has 104 valence electrons. The summed E-state index contributed by atoms with van der Waals surface area (Å²) in [7, 11) is 0. The van der Waals surface area contributed by atoms with Crippen molar-refractivity contribution >= 4 is 35.2 Å². The lowest BCUT2D eigenvalue weighted by molar-refractivity contribution is -0.117. The van der Waals surface area contributed by atoms with E-state index in [1.165, 1.54) is 6.08 Å². The molecule has 2 rings (SSSR count). The molecule has 1 unspecified atom stereocenters. The molecule has 1 amide bonds. The minimum atomic E-state index is -0.232. The first-order valence-electron chi connectivity index (χ1n) is 5.99. The van der Waals surface area contributed by atoms with Crippen molar-refractivity contribution in [2.45, 2.75) is 13.0 Å². The fourth-order valence-electron chi connectivity index (χ4n) is 1.65. The molecule has 2 aromatic rings. The van der Waals surface area contributed by atoms with E-state index in [0.29, 0.717) is 21.4 Å². The molecule has 2 N–H and O–H groups in total. The number of carbonyl (C=O) groups excluding carboxylic acids is 1. The molecule has 4 nitrogen and oxygen atoms in total. The van der Waals surface area contributed by atoms with E-state index in [-0.39, 0.29) is 11.9 Å². The fourth-order valence-corrected chi connectivity index (χ4v) is 2.01. The second-order valence-electron chi connectivity index (χ2n) is 4.20. The maximum atomic E-state index is 11.8. The molecule has 0 aliphatic carbocycles. The molecular weight excluding hydrogens is 297 g/mol. The second kappa shape index (κ2) is 6.59. The molecule has 0 aliphatic heterocycles. The van der Waals surface area contributed by atoms with Gasteiger partial charge in [0, 0.05) is 28.5 Å². The summed E-state index contributed by atoms with van der Waals surface area (Å²) in [5.74, 6) is 0.470. The first-order chi connectivity index (χ1) is 9.56. The molecule has 0 saturated heterocycles. The molecule has 0 bridgehead atoms. The zero-order valence-electron chi connectivity index (χ0n) is 10.7. The second-order valence-corrected chi connectivity index (χ2v) is 5.05. The third-order valence-electron chi connectivity index (χ3n) is 2.66. The number of benzene rings is 1. The van der Waals surface area contributed by atoms with Crippen LogP contribution in [0.4, 0.5) is 0 Å². The zero-order chi connectivity index (χ0) is 14.5. The molecule has 0 radical (unpaired) electrons. The molecule has 20 heavy (non-hydrogen) atoms. The number of aromatic nitrogens is 2. The highest BCUT2D eigenvalue weighted by Gasteiger charge is 2.09. The van der Waals surface area contributed by atoms with Crippen LogP contribution in [0.25, 0.3) is 6.08 Å². The molecule has 0 aliphatic rings. The third kappa shape index (κ3) is 3.85. The Morgan fingerprint density at radius 2 is 2.25 bits per heavy atom. The Hall–Kier alpha value is -1.78. The van der Waals surface area contributed by atoms with Gasteiger partial charge >= 0.3 is 0 Å². The van der Waals surface area contributed by atoms with Crippen LogP contribution in [0, 0.1) is 0 Å². The van der Waals surface area contributed by atoms with E-state index in [4.69, 9.17) is 23.2 Å². The minimum absolute atomic E-state index is 0.197. The summed E-state index contributed by atoms with van der Waals surface area (Å²) in [5, 5.41) is 3.90. The van der Waals surface area contributed by atoms with Crippen LogP contribution in [0.5, 0.6) is 0 Å². The quantitative estimate of drug-likeness (QED) is 0.848. The van der Waals surface area contributed by atoms with E-state index in [1.54, 1.807) is 36.7 Å². The molecule has 1 aromatic heterocycles. The average molecular weight is 310 g/mol. The summed E-state index contributed by atoms with van der Waals surface area (Å²) in [5.41, 5.74) is 0.694. The van der Waals surface area contributed by atoms with Crippen molar-refractivity contribution in [3.63, 3.8) is 0 Å². The summed E-state index contributed by atoms with van der Waals surface area (Å²) >= 11 is 11.9. The highest BCUT2D eigenvalue weighted by atomic mass is 35.5. The van der Waals surface area contributed by atoms with Gasteiger partial charge in [-0.2, -0.15) is 0 Å². The van der Waals surface area contributed by atoms with Gasteiger partial charge in [-0.25, -0.2) is 4.98 Å². The number of hydrogen-bond donors (Lipinski definition) is 2. The number of H-pyrrole nitrogens is 1. The van der Waals surface area contributed by atoms with Crippen LogP contribution >= 0.6 is 23.2 Å². The molecule has 1 atom stereocenters. The van der Waals surface area contributed by atoms with E-state index in [9.17, 15) is 4.79 Å². The maximum Gasteiger partial charge on any atom is 0.244 e. The van der Waals surface area contributed by atoms with Gasteiger partial charge < -0.3 is 10.3 Å². The van der Waals surface area contributed by atoms with E-state index < -0.39 is 0 Å². The van der Waals surface area contributed by atoms with E-state index >= 15 is 0 Å². The number of carbonyl (C=O) groups is 1. The van der Waals surface area contributed by atoms with Crippen LogP contribution < -0.4 is 5.32 Å². The normalized spacial score (nSPS) is 12.6. The number of nitrogens with zero attached hydrogens (tertiary/aromatic N) is 1. The molecule has 0 spiro atoms. The van der Waals surface area contributed by atoms with Crippen LogP contribution in [0.1, 0.15) is 24.4 Å². The van der Waals surface area contributed by atoms with Crippen LogP contribution in [0.2, 0.25) is 10.0 Å². The number of imidazole rings is 1. The lowest BCUT2D eigenvalue weighted by Crippen LogP contribution is -2.25. The number of amides is 1. The van der Waals surface area contributed by atoms with Gasteiger partial charge in [-0.15, -0.1) is 0 Å². The molecule has 0 saturated carbocycles. The maximum absolute atomic E-state index is 11.8. The predicted octanol–water partition coefficient (Wildman–Crippen LogP) is 3.61. The lowest BCUT2D eigenvalue weighted by atomic mass is 10.2. The van der Waals surface area contributed by atoms with Crippen LogP contribution in [-0.4, -0.2) is 15.9 Å². The molecular formula is C14H13Cl2N3O. The van der Waals surface area contributed by atoms with Crippen molar-refractivity contribution in [1.29, 1.82) is 0 Å². The van der Waals surface area contributed by atoms with Gasteiger partial charge in [-0.05, 0) is 36.8 Å². The standard InChI is InChI=1S/C14H13Cl2N3O/c1-9(14-17-6-7-18-14)19-13(20)5-2-10-8-11(15)3-4-12(10)16/h2-9H,1H3,(H,17,18)(H,19,20)/b5-2+. The minimum Gasteiger partial charge on any atom is -0.347 e. The van der Waals surface area contributed by atoms with Crippen molar-refractivity contribution in [3.8, 4) is 0 Å². The Morgan fingerprint density at radius 1 is 1.45 bits per heavy atom. The summed E-state index contributed by atoms with van der Waals surface area (Å²) in [6.45, 7) is 1.84. The topological polar surface area (TPSA) is 57.8 Å². The third-order valence-corrected chi connectivity index (χ3v) is 3.24. The largest absolute Gasteiger partial charge is 0.347 e. The number of rotatable bonds is 4. The van der Waals surface area contributed by atoms with Gasteiger partial charge in [-0.1, -0.05) is 23.2 Å². The van der Waals surface area contributed by atoms with Gasteiger partial charge in [0.05, 0.1) is 6.04 Å². The molecule has 1 heterocycles. The first kappa shape index (κ1) is 14.6. The SMILES string of the molecule is CC(NC(=O)/C=C/c1cc(Cl)ccc1Cl)c1ncc[nH]1. The summed E-state index contributed by atoms with van der Waals surface area (Å²) in [6, 6.07) is 4.88. The van der Waals surface area contributed by atoms with Crippen molar-refractivity contribution < 1.29 is 4.79 Å². The average Bonchev–Trinajstić information content (AvgIpc) is 2.94. The predicted molar refractivity (Wildman–Crippen MR) is 80.6 cm³/mol. The summed E-state index contributed by atoms with van der Waals surface area (Å²) in [6.07, 6.45) is 6.38. The highest BCUT2D eigenvalue weighted by molar-refractivity contribution is 6.34. The summed E-state index contributed by atoms with van der Waals surface area (Å²) in [4.78, 5) is 18.8. The van der Waals surface area contributed by atoms with E-state index in [1.807, 2.05) is 6.92 Å². The zero-order valence-corrected chi connectivity index (χ0v) is 12.2. The Morgan fingerprint density at radius 3 is 2.95 bits per heavy atom. The Labute approximate surface area is 126 Å². The Kier molecular flexibility index (Phi) is 4.82. The van der Waals surface area contributed by atoms with Gasteiger partial charge in [-0.3, -0.25) is 4.79 Å². The summed E-state index contributed by atoms with van der Waals surface area (Å²) < 4.78 is 0. The van der Waals surface area contributed by atoms with Crippen molar-refractivity contribution in [2.24, 2.45) is 0 Å². The molecule has 0 fully saturated rings. The van der Waals surface area contributed by atoms with Gasteiger partial charge in [0.1, 0.15) is 5.82 Å².